The first-order chi connectivity index (χ1) is 19.7. The summed E-state index contributed by atoms with van der Waals surface area (Å²) in [5, 5.41) is 0. The zero-order valence-corrected chi connectivity index (χ0v) is 26.8. The summed E-state index contributed by atoms with van der Waals surface area (Å²) < 4.78 is 0. The summed E-state index contributed by atoms with van der Waals surface area (Å²) in [5.74, 6) is 3.26. The molecule has 222 valence electrons. The Kier molecular flexibility index (Phi) is 20.0. The number of aryl methyl sites for hydroxylation is 1. The molecule has 1 unspecified atom stereocenters. The molecule has 5 nitrogen and oxygen atoms in total. The fraction of sp³-hybridized carbons (Fsp3) is 0.417. The molecule has 0 N–H and O–H groups in total. The molecular formula is C36H52N4O. The maximum absolute atomic E-state index is 8.00. The zero-order chi connectivity index (χ0) is 31.2. The number of carbonyl (C=O) groups is 1. The van der Waals surface area contributed by atoms with Gasteiger partial charge in [0, 0.05) is 56.9 Å². The highest BCUT2D eigenvalue weighted by molar-refractivity contribution is 6.10. The van der Waals surface area contributed by atoms with Crippen molar-refractivity contribution in [1.82, 2.24) is 14.8 Å². The molecule has 5 heteroatoms. The SMILES string of the molecule is C#CC.C=C/C(=C\N(C)C)c1cccc(-c2ccc(/C(C=NC)=C/CC)c(C)n2)c1.C=O.CCCC1CCN(C)C1. The lowest BCUT2D eigenvalue weighted by atomic mass is 9.99. The lowest BCUT2D eigenvalue weighted by Gasteiger charge is -2.12. The summed E-state index contributed by atoms with van der Waals surface area (Å²) in [6.07, 6.45) is 17.8. The van der Waals surface area contributed by atoms with Gasteiger partial charge in [-0.1, -0.05) is 63.3 Å². The van der Waals surface area contributed by atoms with E-state index < -0.39 is 0 Å². The molecule has 1 aliphatic heterocycles. The summed E-state index contributed by atoms with van der Waals surface area (Å²) in [7, 11) is 8.04. The molecular weight excluding hydrogens is 504 g/mol. The number of hydrogen-bond donors (Lipinski definition) is 0. The third-order valence-electron chi connectivity index (χ3n) is 6.38. The van der Waals surface area contributed by atoms with Crippen molar-refractivity contribution in [2.75, 3.05) is 41.3 Å². The molecule has 1 aromatic carbocycles. The first kappa shape index (κ1) is 37.2. The van der Waals surface area contributed by atoms with Crippen LogP contribution >= 0.6 is 0 Å². The number of nitrogens with zero attached hydrogens (tertiary/aromatic N) is 4. The number of hydrogen-bond acceptors (Lipinski definition) is 5. The fourth-order valence-corrected chi connectivity index (χ4v) is 4.67. The normalized spacial score (nSPS) is 15.0. The Morgan fingerprint density at radius 2 is 1.90 bits per heavy atom. The number of aliphatic imine (C=N–C) groups is 1. The monoisotopic (exact) mass is 556 g/mol. The minimum absolute atomic E-state index is 0.965. The highest BCUT2D eigenvalue weighted by Gasteiger charge is 2.17. The van der Waals surface area contributed by atoms with E-state index in [0.717, 1.165) is 51.6 Å². The van der Waals surface area contributed by atoms with Crippen LogP contribution in [0.4, 0.5) is 0 Å². The van der Waals surface area contributed by atoms with Crippen LogP contribution in [0.25, 0.3) is 22.4 Å². The average molecular weight is 557 g/mol. The van der Waals surface area contributed by atoms with Gasteiger partial charge >= 0.3 is 0 Å². The van der Waals surface area contributed by atoms with Crippen molar-refractivity contribution >= 4 is 24.1 Å². The maximum Gasteiger partial charge on any atom is 0.106 e. The molecule has 0 aliphatic carbocycles. The van der Waals surface area contributed by atoms with Crippen LogP contribution < -0.4 is 0 Å². The van der Waals surface area contributed by atoms with Gasteiger partial charge in [0.1, 0.15) is 6.79 Å². The largest absolute Gasteiger partial charge is 0.383 e. The smallest absolute Gasteiger partial charge is 0.106 e. The summed E-state index contributed by atoms with van der Waals surface area (Å²) in [5.41, 5.74) is 7.53. The van der Waals surface area contributed by atoms with E-state index in [0.29, 0.717) is 0 Å². The third-order valence-corrected chi connectivity index (χ3v) is 6.38. The Labute approximate surface area is 250 Å². The predicted octanol–water partition coefficient (Wildman–Crippen LogP) is 7.83. The van der Waals surface area contributed by atoms with Crippen LogP contribution in [0.15, 0.2) is 66.3 Å². The van der Waals surface area contributed by atoms with Crippen molar-refractivity contribution in [3.8, 4) is 23.6 Å². The number of terminal acetylenes is 1. The van der Waals surface area contributed by atoms with E-state index in [-0.39, 0.29) is 0 Å². The Hall–Kier alpha value is -3.75. The molecule has 0 saturated carbocycles. The van der Waals surface area contributed by atoms with E-state index in [9.17, 15) is 0 Å². The van der Waals surface area contributed by atoms with Gasteiger partial charge in [0.2, 0.25) is 0 Å². The van der Waals surface area contributed by atoms with Crippen molar-refractivity contribution in [2.24, 2.45) is 10.9 Å². The zero-order valence-electron chi connectivity index (χ0n) is 26.8. The molecule has 3 rings (SSSR count). The van der Waals surface area contributed by atoms with E-state index in [1.54, 1.807) is 14.0 Å². The molecule has 0 radical (unpaired) electrons. The van der Waals surface area contributed by atoms with Crippen LogP contribution in [-0.4, -0.2) is 69.1 Å². The van der Waals surface area contributed by atoms with Crippen LogP contribution in [0.3, 0.4) is 0 Å². The average Bonchev–Trinajstić information content (AvgIpc) is 3.38. The minimum atomic E-state index is 0.965. The number of benzene rings is 1. The van der Waals surface area contributed by atoms with Crippen molar-refractivity contribution in [3.05, 3.63) is 78.1 Å². The first-order valence-corrected chi connectivity index (χ1v) is 14.3. The minimum Gasteiger partial charge on any atom is -0.383 e. The van der Waals surface area contributed by atoms with Crippen LogP contribution in [-0.2, 0) is 4.79 Å². The van der Waals surface area contributed by atoms with E-state index in [4.69, 9.17) is 9.78 Å². The summed E-state index contributed by atoms with van der Waals surface area (Å²) in [6, 6.07) is 12.6. The summed E-state index contributed by atoms with van der Waals surface area (Å²) in [4.78, 5) is 21.5. The third kappa shape index (κ3) is 13.9. The van der Waals surface area contributed by atoms with Crippen molar-refractivity contribution in [2.45, 2.75) is 53.4 Å². The maximum atomic E-state index is 8.00. The molecule has 0 bridgehead atoms. The van der Waals surface area contributed by atoms with Crippen LogP contribution in [0.2, 0.25) is 0 Å². The molecule has 41 heavy (non-hydrogen) atoms. The number of likely N-dealkylation sites (tertiary alicyclic amines) is 1. The second kappa shape index (κ2) is 22.0. The molecule has 1 aliphatic rings. The molecule has 2 heterocycles. The number of allylic oxidation sites excluding steroid dienone is 4. The van der Waals surface area contributed by atoms with E-state index in [1.165, 1.54) is 32.4 Å². The second-order valence-electron chi connectivity index (χ2n) is 10.1. The van der Waals surface area contributed by atoms with Crippen molar-refractivity contribution in [1.29, 1.82) is 0 Å². The van der Waals surface area contributed by atoms with Gasteiger partial charge in [-0.05, 0) is 81.5 Å². The van der Waals surface area contributed by atoms with Crippen LogP contribution in [0, 0.1) is 25.2 Å². The lowest BCUT2D eigenvalue weighted by molar-refractivity contribution is -0.0980. The fourth-order valence-electron chi connectivity index (χ4n) is 4.67. The van der Waals surface area contributed by atoms with Gasteiger partial charge in [-0.25, -0.2) is 0 Å². The highest BCUT2D eigenvalue weighted by atomic mass is 16.1. The molecule has 1 aromatic heterocycles. The first-order valence-electron chi connectivity index (χ1n) is 14.3. The van der Waals surface area contributed by atoms with Crippen molar-refractivity contribution < 1.29 is 4.79 Å². The van der Waals surface area contributed by atoms with E-state index in [2.05, 4.69) is 105 Å². The van der Waals surface area contributed by atoms with Gasteiger partial charge in [-0.2, -0.15) is 0 Å². The van der Waals surface area contributed by atoms with Crippen LogP contribution in [0.1, 0.15) is 63.3 Å². The van der Waals surface area contributed by atoms with Gasteiger partial charge in [0.15, 0.2) is 0 Å². The quantitative estimate of drug-likeness (QED) is 0.179. The lowest BCUT2D eigenvalue weighted by Crippen LogP contribution is -2.13. The molecule has 1 saturated heterocycles. The Morgan fingerprint density at radius 3 is 2.39 bits per heavy atom. The number of pyridine rings is 1. The van der Waals surface area contributed by atoms with Crippen molar-refractivity contribution in [3.63, 3.8) is 0 Å². The van der Waals surface area contributed by atoms with Gasteiger partial charge in [0.05, 0.1) is 5.69 Å². The predicted molar refractivity (Wildman–Crippen MR) is 181 cm³/mol. The van der Waals surface area contributed by atoms with Gasteiger partial charge < -0.3 is 14.6 Å². The number of carbonyl (C=O) groups excluding carboxylic acids is 1. The number of aromatic nitrogens is 1. The number of rotatable bonds is 9. The van der Waals surface area contributed by atoms with Gasteiger partial charge in [-0.15, -0.1) is 12.3 Å². The molecule has 1 fully saturated rings. The molecule has 0 spiro atoms. The summed E-state index contributed by atoms with van der Waals surface area (Å²) >= 11 is 0. The standard InChI is InChI=1S/C24H29N3.C8H17N.C3H4.CH2O/c1-7-10-22(16-25-4)23-13-14-24(26-18(23)3)21-12-9-11-20(15-21)19(8-2)17-27(5)6;1-3-4-8-5-6-9(2)7-8;1-3-2;1-2/h8-17H,2,7H2,1,3-6H3;8H,3-7H2,1-2H3;1H,2H3;1H2/b19-17+,22-10+,25-16?;;;. The Bertz CT molecular complexity index is 1170. The molecule has 0 amide bonds. The van der Waals surface area contributed by atoms with E-state index >= 15 is 0 Å². The molecule has 1 atom stereocenters. The van der Waals surface area contributed by atoms with E-state index in [1.807, 2.05) is 38.1 Å². The summed E-state index contributed by atoms with van der Waals surface area (Å²) in [6.45, 7) is 16.7. The van der Waals surface area contributed by atoms with Gasteiger partial charge in [0.25, 0.3) is 0 Å². The molecule has 2 aromatic rings. The van der Waals surface area contributed by atoms with Gasteiger partial charge in [-0.3, -0.25) is 9.98 Å². The Morgan fingerprint density at radius 1 is 1.22 bits per heavy atom. The Balaban J connectivity index is 0.000000944. The second-order valence-corrected chi connectivity index (χ2v) is 10.1. The highest BCUT2D eigenvalue weighted by Crippen LogP contribution is 2.26. The topological polar surface area (TPSA) is 48.8 Å². The van der Waals surface area contributed by atoms with Crippen LogP contribution in [0.5, 0.6) is 0 Å².